The molecule has 1 aromatic heterocycles. The van der Waals surface area contributed by atoms with Crippen LogP contribution in [-0.2, 0) is 13.1 Å². The van der Waals surface area contributed by atoms with E-state index in [0.29, 0.717) is 24.3 Å². The van der Waals surface area contributed by atoms with E-state index in [4.69, 9.17) is 10.8 Å². The summed E-state index contributed by atoms with van der Waals surface area (Å²) in [5.74, 6) is 0. The smallest absolute Gasteiger partial charge is 0.282 e. The van der Waals surface area contributed by atoms with Crippen molar-refractivity contribution in [3.05, 3.63) is 119 Å². The molecule has 2 N–H and O–H groups in total. The first kappa shape index (κ1) is 20.1. The third-order valence-corrected chi connectivity index (χ3v) is 6.13. The molecule has 0 spiro atoms. The van der Waals surface area contributed by atoms with E-state index >= 15 is 0 Å². The minimum atomic E-state index is -0.149. The summed E-state index contributed by atoms with van der Waals surface area (Å²) in [6, 6.07) is 25.8. The molecule has 3 heterocycles. The molecule has 0 atom stereocenters. The van der Waals surface area contributed by atoms with Gasteiger partial charge in [-0.15, -0.1) is 0 Å². The summed E-state index contributed by atoms with van der Waals surface area (Å²) in [4.78, 5) is 13.5. The van der Waals surface area contributed by atoms with E-state index in [2.05, 4.69) is 27.9 Å². The van der Waals surface area contributed by atoms with Gasteiger partial charge in [0.2, 0.25) is 0 Å². The molecular formula is C27H22N6O. The minimum absolute atomic E-state index is 0.149. The maximum Gasteiger partial charge on any atom is 0.282 e. The fraction of sp³-hybridized carbons (Fsp3) is 0.0741. The molecule has 34 heavy (non-hydrogen) atoms. The molecule has 0 saturated carbocycles. The SMILES string of the molecule is NCc1ccccc1-n1nc2c3ccccc3n(Cc3ccc(-n4cccn4)cc3)cc-2c1=O. The van der Waals surface area contributed by atoms with Crippen molar-refractivity contribution < 1.29 is 0 Å². The number of benzene rings is 3. The zero-order chi connectivity index (χ0) is 23.1. The molecule has 3 aromatic carbocycles. The van der Waals surface area contributed by atoms with Crippen molar-refractivity contribution in [1.82, 2.24) is 24.1 Å². The molecule has 7 nitrogen and oxygen atoms in total. The largest absolute Gasteiger partial charge is 0.342 e. The predicted molar refractivity (Wildman–Crippen MR) is 133 cm³/mol. The lowest BCUT2D eigenvalue weighted by Gasteiger charge is -2.14. The first-order chi connectivity index (χ1) is 16.7. The van der Waals surface area contributed by atoms with Crippen LogP contribution in [0.1, 0.15) is 11.1 Å². The van der Waals surface area contributed by atoms with Gasteiger partial charge in [0.1, 0.15) is 5.69 Å². The van der Waals surface area contributed by atoms with Crippen LogP contribution in [0.2, 0.25) is 0 Å². The zero-order valence-electron chi connectivity index (χ0n) is 18.4. The predicted octanol–water partition coefficient (Wildman–Crippen LogP) is 3.98. The average molecular weight is 447 g/mol. The van der Waals surface area contributed by atoms with Crippen molar-refractivity contribution >= 4 is 10.9 Å². The first-order valence-corrected chi connectivity index (χ1v) is 11.1. The maximum atomic E-state index is 13.5. The Hall–Kier alpha value is -4.49. The zero-order valence-corrected chi connectivity index (χ0v) is 18.4. The average Bonchev–Trinajstić information content (AvgIpc) is 3.54. The van der Waals surface area contributed by atoms with Gasteiger partial charge in [-0.05, 0) is 41.5 Å². The van der Waals surface area contributed by atoms with Crippen molar-refractivity contribution in [2.45, 2.75) is 13.1 Å². The van der Waals surface area contributed by atoms with Crippen LogP contribution >= 0.6 is 0 Å². The lowest BCUT2D eigenvalue weighted by molar-refractivity contribution is 0.824. The molecule has 0 amide bonds. The van der Waals surface area contributed by atoms with Crippen molar-refractivity contribution in [2.24, 2.45) is 5.73 Å². The van der Waals surface area contributed by atoms with E-state index < -0.39 is 0 Å². The standard InChI is InChI=1S/C27H22N6O/c28-16-20-6-1-3-8-24(20)33-27(34)23-18-31(25-9-4-2-7-22(25)26(23)30-33)17-19-10-12-21(13-11-19)32-15-5-14-29-32/h1-15,18H,16-17,28H2. The van der Waals surface area contributed by atoms with Gasteiger partial charge in [-0.2, -0.15) is 14.9 Å². The Kier molecular flexibility index (Phi) is 4.82. The van der Waals surface area contributed by atoms with Gasteiger partial charge in [-0.25, -0.2) is 4.68 Å². The van der Waals surface area contributed by atoms with E-state index in [0.717, 1.165) is 33.4 Å². The molecule has 166 valence electrons. The normalized spacial score (nSPS) is 11.4. The highest BCUT2D eigenvalue weighted by Gasteiger charge is 2.21. The number of nitrogens with two attached hydrogens (primary N) is 1. The van der Waals surface area contributed by atoms with Gasteiger partial charge in [-0.1, -0.05) is 48.5 Å². The van der Waals surface area contributed by atoms with Crippen LogP contribution in [0.25, 0.3) is 33.5 Å². The molecule has 0 aliphatic carbocycles. The lowest BCUT2D eigenvalue weighted by Crippen LogP contribution is -2.17. The van der Waals surface area contributed by atoms with Crippen LogP contribution in [0.5, 0.6) is 0 Å². The number of nitrogens with zero attached hydrogens (tertiary/aromatic N) is 5. The third kappa shape index (κ3) is 3.30. The van der Waals surface area contributed by atoms with Gasteiger partial charge in [0.15, 0.2) is 0 Å². The van der Waals surface area contributed by atoms with Crippen molar-refractivity contribution in [3.8, 4) is 22.6 Å². The van der Waals surface area contributed by atoms with Gasteiger partial charge in [0, 0.05) is 37.1 Å². The number of rotatable bonds is 5. The van der Waals surface area contributed by atoms with Crippen LogP contribution in [-0.4, -0.2) is 24.1 Å². The second-order valence-electron chi connectivity index (χ2n) is 8.20. The van der Waals surface area contributed by atoms with E-state index in [-0.39, 0.29) is 5.56 Å². The number of para-hydroxylation sites is 2. The fourth-order valence-corrected chi connectivity index (χ4v) is 4.44. The van der Waals surface area contributed by atoms with E-state index in [1.54, 1.807) is 6.20 Å². The lowest BCUT2D eigenvalue weighted by atomic mass is 10.1. The highest BCUT2D eigenvalue weighted by molar-refractivity contribution is 5.93. The third-order valence-electron chi connectivity index (χ3n) is 6.13. The molecule has 0 bridgehead atoms. The summed E-state index contributed by atoms with van der Waals surface area (Å²) in [5, 5.41) is 9.96. The Morgan fingerprint density at radius 2 is 1.68 bits per heavy atom. The molecule has 0 unspecified atom stereocenters. The quantitative estimate of drug-likeness (QED) is 0.434. The monoisotopic (exact) mass is 446 g/mol. The number of hydrogen-bond donors (Lipinski definition) is 1. The van der Waals surface area contributed by atoms with Crippen LogP contribution < -0.4 is 11.3 Å². The van der Waals surface area contributed by atoms with Gasteiger partial charge in [0.25, 0.3) is 5.56 Å². The van der Waals surface area contributed by atoms with Crippen molar-refractivity contribution in [1.29, 1.82) is 0 Å². The summed E-state index contributed by atoms with van der Waals surface area (Å²) < 4.78 is 5.42. The van der Waals surface area contributed by atoms with Gasteiger partial charge in [-0.3, -0.25) is 4.79 Å². The Morgan fingerprint density at radius 1 is 0.882 bits per heavy atom. The second kappa shape index (κ2) is 8.13. The van der Waals surface area contributed by atoms with Crippen LogP contribution in [0, 0.1) is 0 Å². The molecule has 6 rings (SSSR count). The number of fused-ring (bicyclic) bond motifs is 3. The molecule has 4 aromatic rings. The Balaban J connectivity index is 1.48. The van der Waals surface area contributed by atoms with E-state index in [1.165, 1.54) is 4.68 Å². The van der Waals surface area contributed by atoms with Gasteiger partial charge < -0.3 is 10.3 Å². The Morgan fingerprint density at radius 3 is 2.47 bits per heavy atom. The molecule has 0 saturated heterocycles. The van der Waals surface area contributed by atoms with E-state index in [1.807, 2.05) is 77.7 Å². The highest BCUT2D eigenvalue weighted by atomic mass is 16.1. The summed E-state index contributed by atoms with van der Waals surface area (Å²) in [7, 11) is 0. The van der Waals surface area contributed by atoms with Gasteiger partial charge in [0.05, 0.1) is 22.5 Å². The van der Waals surface area contributed by atoms with Crippen LogP contribution in [0.15, 0.2) is 102 Å². The molecule has 2 aliphatic rings. The van der Waals surface area contributed by atoms with Crippen molar-refractivity contribution in [3.63, 3.8) is 0 Å². The van der Waals surface area contributed by atoms with Crippen molar-refractivity contribution in [2.75, 3.05) is 0 Å². The fourth-order valence-electron chi connectivity index (χ4n) is 4.44. The van der Waals surface area contributed by atoms with Crippen LogP contribution in [0.4, 0.5) is 0 Å². The van der Waals surface area contributed by atoms with E-state index in [9.17, 15) is 4.79 Å². The molecule has 2 aliphatic heterocycles. The van der Waals surface area contributed by atoms with Crippen LogP contribution in [0.3, 0.4) is 0 Å². The Labute approximate surface area is 195 Å². The molecule has 0 fully saturated rings. The minimum Gasteiger partial charge on any atom is -0.342 e. The topological polar surface area (TPSA) is 83.7 Å². The summed E-state index contributed by atoms with van der Waals surface area (Å²) in [6.07, 6.45) is 5.59. The Bertz CT molecular complexity index is 1630. The number of aromatic nitrogens is 5. The highest BCUT2D eigenvalue weighted by Crippen LogP contribution is 2.29. The molecular weight excluding hydrogens is 424 g/mol. The molecule has 7 heteroatoms. The summed E-state index contributed by atoms with van der Waals surface area (Å²) in [5.41, 5.74) is 11.8. The number of pyridine rings is 1. The van der Waals surface area contributed by atoms with Gasteiger partial charge >= 0.3 is 0 Å². The summed E-state index contributed by atoms with van der Waals surface area (Å²) in [6.45, 7) is 0.959. The number of hydrogen-bond acceptors (Lipinski definition) is 4. The maximum absolute atomic E-state index is 13.5. The molecule has 0 radical (unpaired) electrons. The summed E-state index contributed by atoms with van der Waals surface area (Å²) >= 11 is 0. The first-order valence-electron chi connectivity index (χ1n) is 11.1. The second-order valence-corrected chi connectivity index (χ2v) is 8.20.